The van der Waals surface area contributed by atoms with Crippen LogP contribution in [0.3, 0.4) is 0 Å². The van der Waals surface area contributed by atoms with Crippen molar-refractivity contribution < 1.29 is 9.59 Å². The molecule has 0 unspecified atom stereocenters. The van der Waals surface area contributed by atoms with E-state index < -0.39 is 5.92 Å². The van der Waals surface area contributed by atoms with Crippen LogP contribution in [0.1, 0.15) is 38.5 Å². The molecule has 1 atom stereocenters. The molecule has 0 aromatic heterocycles. The number of hydrogen-bond acceptors (Lipinski definition) is 2. The van der Waals surface area contributed by atoms with Crippen LogP contribution in [-0.4, -0.2) is 24.4 Å². The number of benzene rings is 1. The highest BCUT2D eigenvalue weighted by Crippen LogP contribution is 2.26. The van der Waals surface area contributed by atoms with E-state index in [1.165, 1.54) is 19.3 Å². The van der Waals surface area contributed by atoms with Crippen LogP contribution >= 0.6 is 0 Å². The van der Waals surface area contributed by atoms with Crippen LogP contribution < -0.4 is 10.2 Å². The van der Waals surface area contributed by atoms with E-state index in [1.807, 2.05) is 30.3 Å². The van der Waals surface area contributed by atoms with Crippen molar-refractivity contribution in [3.8, 4) is 0 Å². The molecule has 1 saturated heterocycles. The smallest absolute Gasteiger partial charge is 0.239 e. The number of rotatable bonds is 3. The third-order valence-electron chi connectivity index (χ3n) is 4.54. The van der Waals surface area contributed by atoms with E-state index in [0.29, 0.717) is 13.0 Å². The first-order valence-corrected chi connectivity index (χ1v) is 7.92. The van der Waals surface area contributed by atoms with Crippen molar-refractivity contribution in [2.24, 2.45) is 5.92 Å². The van der Waals surface area contributed by atoms with Gasteiger partial charge in [-0.1, -0.05) is 37.5 Å². The molecule has 1 aliphatic heterocycles. The van der Waals surface area contributed by atoms with Gasteiger partial charge in [0.2, 0.25) is 11.8 Å². The molecule has 4 nitrogen and oxygen atoms in total. The lowest BCUT2D eigenvalue weighted by Crippen LogP contribution is -2.42. The number of carbonyl (C=O) groups excluding carboxylic acids is 2. The van der Waals surface area contributed by atoms with E-state index in [0.717, 1.165) is 18.5 Å². The van der Waals surface area contributed by atoms with Gasteiger partial charge in [-0.05, 0) is 31.4 Å². The predicted molar refractivity (Wildman–Crippen MR) is 81.9 cm³/mol. The summed E-state index contributed by atoms with van der Waals surface area (Å²) < 4.78 is 0. The Hall–Kier alpha value is -1.84. The third kappa shape index (κ3) is 3.09. The molecule has 1 aliphatic carbocycles. The summed E-state index contributed by atoms with van der Waals surface area (Å²) in [5.41, 5.74) is 0.885. The van der Waals surface area contributed by atoms with Crippen LogP contribution in [0.2, 0.25) is 0 Å². The highest BCUT2D eigenvalue weighted by Gasteiger charge is 2.38. The van der Waals surface area contributed by atoms with Gasteiger partial charge in [0.05, 0.1) is 0 Å². The number of nitrogens with zero attached hydrogens (tertiary/aromatic N) is 1. The van der Waals surface area contributed by atoms with Crippen LogP contribution in [0, 0.1) is 5.92 Å². The largest absolute Gasteiger partial charge is 0.353 e. The Morgan fingerprint density at radius 2 is 1.76 bits per heavy atom. The molecule has 2 amide bonds. The molecule has 1 heterocycles. The van der Waals surface area contributed by atoms with E-state index >= 15 is 0 Å². The summed E-state index contributed by atoms with van der Waals surface area (Å²) >= 11 is 0. The average Bonchev–Trinajstić information content (AvgIpc) is 2.91. The molecular formula is C17H22N2O2. The standard InChI is InChI=1S/C17H22N2O2/c20-16(18-13-7-3-1-4-8-13)15-11-12-19(17(15)21)14-9-5-2-6-10-14/h2,5-6,9-10,13,15H,1,3-4,7-8,11-12H2,(H,18,20)/t15-/m1/s1. The van der Waals surface area contributed by atoms with E-state index in [4.69, 9.17) is 0 Å². The van der Waals surface area contributed by atoms with Crippen molar-refractivity contribution in [2.75, 3.05) is 11.4 Å². The maximum atomic E-state index is 12.5. The fourth-order valence-corrected chi connectivity index (χ4v) is 3.34. The van der Waals surface area contributed by atoms with Gasteiger partial charge in [0.1, 0.15) is 5.92 Å². The molecule has 3 rings (SSSR count). The molecule has 1 aromatic carbocycles. The number of anilines is 1. The molecule has 112 valence electrons. The molecule has 2 fully saturated rings. The fraction of sp³-hybridized carbons (Fsp3) is 0.529. The Bertz CT molecular complexity index is 509. The molecule has 0 spiro atoms. The summed E-state index contributed by atoms with van der Waals surface area (Å²) in [4.78, 5) is 26.5. The summed E-state index contributed by atoms with van der Waals surface area (Å²) in [6, 6.07) is 9.86. The highest BCUT2D eigenvalue weighted by molar-refractivity contribution is 6.09. The molecule has 0 bridgehead atoms. The Balaban J connectivity index is 1.62. The van der Waals surface area contributed by atoms with E-state index in [9.17, 15) is 9.59 Å². The summed E-state index contributed by atoms with van der Waals surface area (Å²) in [5.74, 6) is -0.646. The SMILES string of the molecule is O=C(NC1CCCCC1)[C@H]1CCN(c2ccccc2)C1=O. The maximum Gasteiger partial charge on any atom is 0.239 e. The molecule has 1 N–H and O–H groups in total. The van der Waals surface area contributed by atoms with Crippen molar-refractivity contribution in [1.82, 2.24) is 5.32 Å². The number of para-hydroxylation sites is 1. The monoisotopic (exact) mass is 286 g/mol. The zero-order valence-electron chi connectivity index (χ0n) is 12.3. The van der Waals surface area contributed by atoms with Crippen molar-refractivity contribution >= 4 is 17.5 Å². The van der Waals surface area contributed by atoms with Gasteiger partial charge in [0.15, 0.2) is 0 Å². The first-order chi connectivity index (χ1) is 10.3. The van der Waals surface area contributed by atoms with Crippen LogP contribution in [0.5, 0.6) is 0 Å². The maximum absolute atomic E-state index is 12.5. The van der Waals surface area contributed by atoms with Gasteiger partial charge in [-0.15, -0.1) is 0 Å². The molecule has 4 heteroatoms. The number of carbonyl (C=O) groups is 2. The summed E-state index contributed by atoms with van der Waals surface area (Å²) in [6.07, 6.45) is 6.34. The van der Waals surface area contributed by atoms with Crippen molar-refractivity contribution in [3.63, 3.8) is 0 Å². The van der Waals surface area contributed by atoms with Crippen molar-refractivity contribution in [3.05, 3.63) is 30.3 Å². The van der Waals surface area contributed by atoms with Gasteiger partial charge in [-0.25, -0.2) is 0 Å². The lowest BCUT2D eigenvalue weighted by Gasteiger charge is -2.24. The quantitative estimate of drug-likeness (QED) is 0.868. The van der Waals surface area contributed by atoms with Crippen LogP contribution in [0.15, 0.2) is 30.3 Å². The highest BCUT2D eigenvalue weighted by atomic mass is 16.2. The van der Waals surface area contributed by atoms with Crippen molar-refractivity contribution in [2.45, 2.75) is 44.6 Å². The Morgan fingerprint density at radius 1 is 1.05 bits per heavy atom. The number of hydrogen-bond donors (Lipinski definition) is 1. The number of nitrogens with one attached hydrogen (secondary N) is 1. The average molecular weight is 286 g/mol. The molecule has 1 saturated carbocycles. The fourth-order valence-electron chi connectivity index (χ4n) is 3.34. The zero-order chi connectivity index (χ0) is 14.7. The summed E-state index contributed by atoms with van der Waals surface area (Å²) in [7, 11) is 0. The Kier molecular flexibility index (Phi) is 4.23. The number of amides is 2. The molecule has 21 heavy (non-hydrogen) atoms. The predicted octanol–water partition coefficient (Wildman–Crippen LogP) is 2.49. The van der Waals surface area contributed by atoms with Gasteiger partial charge < -0.3 is 10.2 Å². The van der Waals surface area contributed by atoms with Gasteiger partial charge in [0, 0.05) is 18.3 Å². The van der Waals surface area contributed by atoms with Gasteiger partial charge in [0.25, 0.3) is 0 Å². The Labute approximate surface area is 125 Å². The second-order valence-corrected chi connectivity index (χ2v) is 6.01. The minimum absolute atomic E-state index is 0.0606. The molecule has 0 radical (unpaired) electrons. The lowest BCUT2D eigenvalue weighted by molar-refractivity contribution is -0.132. The van der Waals surface area contributed by atoms with E-state index in [2.05, 4.69) is 5.32 Å². The van der Waals surface area contributed by atoms with E-state index in [1.54, 1.807) is 4.90 Å². The molecule has 1 aromatic rings. The lowest BCUT2D eigenvalue weighted by atomic mass is 9.94. The van der Waals surface area contributed by atoms with Gasteiger partial charge in [-0.3, -0.25) is 9.59 Å². The second-order valence-electron chi connectivity index (χ2n) is 6.01. The normalized spacial score (nSPS) is 23.3. The summed E-state index contributed by atoms with van der Waals surface area (Å²) in [5, 5.41) is 3.08. The van der Waals surface area contributed by atoms with Crippen LogP contribution in [0.25, 0.3) is 0 Å². The van der Waals surface area contributed by atoms with E-state index in [-0.39, 0.29) is 17.9 Å². The minimum Gasteiger partial charge on any atom is -0.353 e. The topological polar surface area (TPSA) is 49.4 Å². The summed E-state index contributed by atoms with van der Waals surface area (Å²) in [6.45, 7) is 0.631. The first kappa shape index (κ1) is 14.1. The third-order valence-corrected chi connectivity index (χ3v) is 4.54. The second kappa shape index (κ2) is 6.29. The van der Waals surface area contributed by atoms with Crippen molar-refractivity contribution in [1.29, 1.82) is 0 Å². The minimum atomic E-state index is -0.507. The van der Waals surface area contributed by atoms with Gasteiger partial charge >= 0.3 is 0 Å². The molecule has 2 aliphatic rings. The van der Waals surface area contributed by atoms with Gasteiger partial charge in [-0.2, -0.15) is 0 Å². The zero-order valence-corrected chi connectivity index (χ0v) is 12.3. The molecular weight excluding hydrogens is 264 g/mol. The first-order valence-electron chi connectivity index (χ1n) is 7.92. The van der Waals surface area contributed by atoms with Crippen LogP contribution in [-0.2, 0) is 9.59 Å². The van der Waals surface area contributed by atoms with Crippen LogP contribution in [0.4, 0.5) is 5.69 Å². The Morgan fingerprint density at radius 3 is 2.48 bits per heavy atom.